The number of anilines is 2. The van der Waals surface area contributed by atoms with E-state index in [0.29, 0.717) is 18.7 Å². The van der Waals surface area contributed by atoms with Gasteiger partial charge in [-0.2, -0.15) is 5.26 Å². The summed E-state index contributed by atoms with van der Waals surface area (Å²) in [5, 5.41) is 9.77. The molecule has 8 heteroatoms. The van der Waals surface area contributed by atoms with Gasteiger partial charge in [-0.25, -0.2) is 0 Å². The molecular weight excluding hydrogens is 404 g/mol. The van der Waals surface area contributed by atoms with E-state index in [2.05, 4.69) is 11.0 Å². The molecule has 2 aliphatic heterocycles. The number of nitrogens with two attached hydrogens (primary N) is 1. The van der Waals surface area contributed by atoms with Gasteiger partial charge in [0.2, 0.25) is 5.91 Å². The Labute approximate surface area is 188 Å². The average Bonchev–Trinajstić information content (AvgIpc) is 3.69. The summed E-state index contributed by atoms with van der Waals surface area (Å²) < 4.78 is 0. The van der Waals surface area contributed by atoms with Gasteiger partial charge in [0.1, 0.15) is 24.0 Å². The molecule has 0 aromatic heterocycles. The Hall–Kier alpha value is -3.41. The third kappa shape index (κ3) is 3.30. The number of rotatable bonds is 8. The monoisotopic (exact) mass is 432 g/mol. The largest absolute Gasteiger partial charge is 0.378 e. The summed E-state index contributed by atoms with van der Waals surface area (Å²) in [6, 6.07) is 15.1. The molecule has 166 valence electrons. The number of hydrogen-bond acceptors (Lipinski definition) is 7. The molecule has 2 fully saturated rings. The van der Waals surface area contributed by atoms with E-state index in [1.165, 1.54) is 0 Å². The summed E-state index contributed by atoms with van der Waals surface area (Å²) in [5.41, 5.74) is 8.77. The molecule has 1 amide bonds. The zero-order valence-electron chi connectivity index (χ0n) is 18.8. The highest BCUT2D eigenvalue weighted by Gasteiger charge is 2.64. The lowest BCUT2D eigenvalue weighted by Gasteiger charge is -2.42. The van der Waals surface area contributed by atoms with E-state index < -0.39 is 17.6 Å². The SMILES string of the molecule is CN(C)c1ccc(C=O)c(C(c2ccccc2N(C)C)(N2CC2C#N)N2CC2C(N)=O)c1. The molecule has 0 saturated carbocycles. The van der Waals surface area contributed by atoms with Crippen LogP contribution in [0, 0.1) is 11.3 Å². The molecule has 32 heavy (non-hydrogen) atoms. The van der Waals surface area contributed by atoms with Gasteiger partial charge in [-0.15, -0.1) is 0 Å². The summed E-state index contributed by atoms with van der Waals surface area (Å²) in [5.74, 6) is -0.413. The predicted octanol–water partition coefficient (Wildman–Crippen LogP) is 1.21. The first-order valence-corrected chi connectivity index (χ1v) is 10.5. The van der Waals surface area contributed by atoms with Gasteiger partial charge in [0.05, 0.1) is 6.07 Å². The van der Waals surface area contributed by atoms with Crippen LogP contribution in [0.4, 0.5) is 11.4 Å². The summed E-state index contributed by atoms with van der Waals surface area (Å²) in [4.78, 5) is 32.5. The van der Waals surface area contributed by atoms with Gasteiger partial charge in [-0.1, -0.05) is 18.2 Å². The molecule has 2 saturated heterocycles. The molecule has 2 N–H and O–H groups in total. The number of benzene rings is 2. The van der Waals surface area contributed by atoms with Crippen molar-refractivity contribution < 1.29 is 9.59 Å². The molecule has 5 unspecified atom stereocenters. The van der Waals surface area contributed by atoms with Crippen LogP contribution in [-0.2, 0) is 10.5 Å². The van der Waals surface area contributed by atoms with E-state index in [1.54, 1.807) is 6.07 Å². The zero-order chi connectivity index (χ0) is 23.2. The lowest BCUT2D eigenvalue weighted by Crippen LogP contribution is -2.48. The van der Waals surface area contributed by atoms with Crippen LogP contribution < -0.4 is 15.5 Å². The summed E-state index contributed by atoms with van der Waals surface area (Å²) >= 11 is 0. The van der Waals surface area contributed by atoms with Crippen molar-refractivity contribution in [2.45, 2.75) is 17.7 Å². The standard InChI is InChI=1S/C24H28N6O2/c1-27(2)17-10-9-16(15-31)20(11-17)24(29-13-18(29)12-25,30-14-22(30)23(26)32)19-7-5-6-8-21(19)28(3)4/h5-11,15,18,22H,13-14H2,1-4H3,(H2,26,32). The lowest BCUT2D eigenvalue weighted by molar-refractivity contribution is -0.119. The van der Waals surface area contributed by atoms with Crippen molar-refractivity contribution in [1.29, 1.82) is 5.26 Å². The Morgan fingerprint density at radius 1 is 1.09 bits per heavy atom. The zero-order valence-corrected chi connectivity index (χ0v) is 18.8. The second-order valence-electron chi connectivity index (χ2n) is 8.74. The number of para-hydroxylation sites is 1. The molecule has 0 radical (unpaired) electrons. The molecule has 0 aliphatic carbocycles. The van der Waals surface area contributed by atoms with Crippen LogP contribution in [0.3, 0.4) is 0 Å². The Kier molecular flexibility index (Phi) is 5.41. The molecule has 2 heterocycles. The lowest BCUT2D eigenvalue weighted by atomic mass is 9.85. The van der Waals surface area contributed by atoms with Crippen molar-refractivity contribution in [1.82, 2.24) is 9.80 Å². The first-order valence-electron chi connectivity index (χ1n) is 10.5. The van der Waals surface area contributed by atoms with Crippen LogP contribution in [0.25, 0.3) is 0 Å². The smallest absolute Gasteiger partial charge is 0.236 e. The molecule has 2 aromatic carbocycles. The first kappa shape index (κ1) is 21.8. The van der Waals surface area contributed by atoms with Crippen LogP contribution in [0.15, 0.2) is 42.5 Å². The van der Waals surface area contributed by atoms with Crippen molar-refractivity contribution in [3.63, 3.8) is 0 Å². The van der Waals surface area contributed by atoms with E-state index in [-0.39, 0.29) is 6.04 Å². The maximum atomic E-state index is 12.2. The second kappa shape index (κ2) is 7.93. The van der Waals surface area contributed by atoms with Crippen LogP contribution in [-0.4, -0.2) is 75.4 Å². The van der Waals surface area contributed by atoms with Gasteiger partial charge in [-0.05, 0) is 24.3 Å². The highest BCUT2D eigenvalue weighted by atomic mass is 16.2. The number of nitrogens with zero attached hydrogens (tertiary/aromatic N) is 5. The quantitative estimate of drug-likeness (QED) is 0.495. The normalized spacial score (nSPS) is 25.2. The molecule has 4 rings (SSSR count). The van der Waals surface area contributed by atoms with Gasteiger partial charge < -0.3 is 15.5 Å². The topological polar surface area (TPSA) is 96.4 Å². The van der Waals surface area contributed by atoms with Crippen LogP contribution in [0.2, 0.25) is 0 Å². The highest BCUT2D eigenvalue weighted by Crippen LogP contribution is 2.54. The maximum absolute atomic E-state index is 12.2. The van der Waals surface area contributed by atoms with E-state index in [9.17, 15) is 14.9 Å². The van der Waals surface area contributed by atoms with Gasteiger partial charge in [0, 0.05) is 69.3 Å². The molecule has 5 atom stereocenters. The number of carbonyl (C=O) groups is 2. The molecule has 2 aromatic rings. The number of amides is 1. The Bertz CT molecular complexity index is 1110. The van der Waals surface area contributed by atoms with Crippen LogP contribution >= 0.6 is 0 Å². The molecule has 2 aliphatic rings. The summed E-state index contributed by atoms with van der Waals surface area (Å²) in [7, 11) is 7.79. The van der Waals surface area contributed by atoms with E-state index in [4.69, 9.17) is 5.73 Å². The fourth-order valence-corrected chi connectivity index (χ4v) is 4.66. The fourth-order valence-electron chi connectivity index (χ4n) is 4.66. The van der Waals surface area contributed by atoms with Gasteiger partial charge >= 0.3 is 0 Å². The highest BCUT2D eigenvalue weighted by molar-refractivity contribution is 5.85. The van der Waals surface area contributed by atoms with E-state index >= 15 is 0 Å². The van der Waals surface area contributed by atoms with Crippen molar-refractivity contribution in [2.75, 3.05) is 51.1 Å². The minimum absolute atomic E-state index is 0.332. The minimum atomic E-state index is -0.983. The first-order chi connectivity index (χ1) is 15.3. The Balaban J connectivity index is 2.09. The van der Waals surface area contributed by atoms with Crippen LogP contribution in [0.5, 0.6) is 0 Å². The molecular formula is C24H28N6O2. The van der Waals surface area contributed by atoms with Gasteiger partial charge in [0.25, 0.3) is 0 Å². The maximum Gasteiger partial charge on any atom is 0.236 e. The molecule has 0 bridgehead atoms. The number of nitriles is 1. The number of primary amides is 1. The van der Waals surface area contributed by atoms with Crippen molar-refractivity contribution in [3.8, 4) is 6.07 Å². The van der Waals surface area contributed by atoms with Crippen molar-refractivity contribution in [2.24, 2.45) is 5.73 Å². The molecule has 8 nitrogen and oxygen atoms in total. The number of hydrogen-bond donors (Lipinski definition) is 1. The van der Waals surface area contributed by atoms with Crippen molar-refractivity contribution in [3.05, 3.63) is 59.2 Å². The third-order valence-electron chi connectivity index (χ3n) is 6.35. The van der Waals surface area contributed by atoms with E-state index in [0.717, 1.165) is 28.8 Å². The fraction of sp³-hybridized carbons (Fsp3) is 0.375. The summed E-state index contributed by atoms with van der Waals surface area (Å²) in [6.45, 7) is 0.987. The second-order valence-corrected chi connectivity index (χ2v) is 8.74. The Morgan fingerprint density at radius 3 is 2.34 bits per heavy atom. The summed E-state index contributed by atoms with van der Waals surface area (Å²) in [6.07, 6.45) is 0.843. The molecule has 0 spiro atoms. The Morgan fingerprint density at radius 2 is 1.81 bits per heavy atom. The average molecular weight is 433 g/mol. The number of aldehydes is 1. The minimum Gasteiger partial charge on any atom is -0.378 e. The van der Waals surface area contributed by atoms with Gasteiger partial charge in [-0.3, -0.25) is 19.4 Å². The van der Waals surface area contributed by atoms with Crippen LogP contribution in [0.1, 0.15) is 21.5 Å². The number of carbonyl (C=O) groups excluding carboxylic acids is 2. The van der Waals surface area contributed by atoms with Crippen molar-refractivity contribution >= 4 is 23.6 Å². The third-order valence-corrected chi connectivity index (χ3v) is 6.35. The predicted molar refractivity (Wildman–Crippen MR) is 124 cm³/mol. The van der Waals surface area contributed by atoms with Gasteiger partial charge in [0.15, 0.2) is 0 Å². The van der Waals surface area contributed by atoms with E-state index in [1.807, 2.05) is 79.3 Å².